The summed E-state index contributed by atoms with van der Waals surface area (Å²) in [6.07, 6.45) is 4.30. The first-order valence-corrected chi connectivity index (χ1v) is 4.47. The van der Waals surface area contributed by atoms with Gasteiger partial charge in [0.1, 0.15) is 0 Å². The summed E-state index contributed by atoms with van der Waals surface area (Å²) in [6, 6.07) is 1.61. The van der Waals surface area contributed by atoms with Crippen molar-refractivity contribution in [3.05, 3.63) is 34.4 Å². The quantitative estimate of drug-likeness (QED) is 0.626. The molecule has 0 amide bonds. The molecule has 15 heavy (non-hydrogen) atoms. The molecule has 5 heteroatoms. The number of pyridine rings is 1. The van der Waals surface area contributed by atoms with Gasteiger partial charge in [0.25, 0.3) is 5.56 Å². The first-order chi connectivity index (χ1) is 7.10. The summed E-state index contributed by atoms with van der Waals surface area (Å²) >= 11 is 0. The fourth-order valence-corrected chi connectivity index (χ4v) is 1.27. The predicted molar refractivity (Wildman–Crippen MR) is 62.0 cm³/mol. The number of rotatable bonds is 3. The van der Waals surface area contributed by atoms with E-state index in [4.69, 9.17) is 11.1 Å². The maximum absolute atomic E-state index is 11.7. The fraction of sp³-hybridized carbons (Fsp3) is 0.200. The molecule has 0 fully saturated rings. The summed E-state index contributed by atoms with van der Waals surface area (Å²) in [7, 11) is 1.70. The molecule has 4 N–H and O–H groups in total. The topological polar surface area (TPSA) is 83.9 Å². The lowest BCUT2D eigenvalue weighted by Gasteiger charge is -2.08. The van der Waals surface area contributed by atoms with Crippen molar-refractivity contribution in [2.24, 2.45) is 0 Å². The summed E-state index contributed by atoms with van der Waals surface area (Å²) in [5.74, 6) is 0. The van der Waals surface area contributed by atoms with Gasteiger partial charge in [0.05, 0.1) is 11.4 Å². The van der Waals surface area contributed by atoms with Crippen LogP contribution < -0.4 is 16.6 Å². The standard InChI is InChI=1S/C10H14N4O/c1-7-3-9(12)10(15)14(6-7)8(4-11)5-13-2/h3-6,11,13H,12H2,1-2H3/b8-5+,11-4?. The maximum Gasteiger partial charge on any atom is 0.278 e. The van der Waals surface area contributed by atoms with E-state index in [1.807, 2.05) is 6.92 Å². The molecule has 1 rings (SSSR count). The van der Waals surface area contributed by atoms with E-state index >= 15 is 0 Å². The number of nitrogen functional groups attached to an aromatic ring is 1. The van der Waals surface area contributed by atoms with Crippen LogP contribution in [0.1, 0.15) is 5.56 Å². The van der Waals surface area contributed by atoms with Gasteiger partial charge in [-0.2, -0.15) is 0 Å². The van der Waals surface area contributed by atoms with Crippen molar-refractivity contribution in [1.29, 1.82) is 5.41 Å². The van der Waals surface area contributed by atoms with Crippen LogP contribution in [0.2, 0.25) is 0 Å². The Morgan fingerprint density at radius 2 is 2.33 bits per heavy atom. The minimum Gasteiger partial charge on any atom is -0.394 e. The third kappa shape index (κ3) is 2.25. The highest BCUT2D eigenvalue weighted by atomic mass is 16.1. The molecule has 0 spiro atoms. The number of hydrogen-bond acceptors (Lipinski definition) is 4. The highest BCUT2D eigenvalue weighted by Crippen LogP contribution is 2.04. The second kappa shape index (κ2) is 4.45. The van der Waals surface area contributed by atoms with Gasteiger partial charge in [-0.15, -0.1) is 0 Å². The molecule has 0 saturated carbocycles. The smallest absolute Gasteiger partial charge is 0.278 e. The highest BCUT2D eigenvalue weighted by Gasteiger charge is 2.04. The van der Waals surface area contributed by atoms with E-state index in [0.717, 1.165) is 11.8 Å². The van der Waals surface area contributed by atoms with Crippen molar-refractivity contribution in [2.75, 3.05) is 12.8 Å². The molecule has 1 aromatic rings. The van der Waals surface area contributed by atoms with E-state index in [0.29, 0.717) is 5.70 Å². The monoisotopic (exact) mass is 206 g/mol. The van der Waals surface area contributed by atoms with Gasteiger partial charge < -0.3 is 16.5 Å². The molecule has 0 aromatic carbocycles. The Morgan fingerprint density at radius 1 is 1.67 bits per heavy atom. The van der Waals surface area contributed by atoms with E-state index in [-0.39, 0.29) is 11.2 Å². The van der Waals surface area contributed by atoms with Crippen LogP contribution >= 0.6 is 0 Å². The molecule has 0 radical (unpaired) electrons. The van der Waals surface area contributed by atoms with Crippen LogP contribution in [0.4, 0.5) is 5.69 Å². The minimum atomic E-state index is -0.314. The van der Waals surface area contributed by atoms with Crippen LogP contribution in [0, 0.1) is 12.3 Å². The Kier molecular flexibility index (Phi) is 3.28. The lowest BCUT2D eigenvalue weighted by molar-refractivity contribution is 0.999. The van der Waals surface area contributed by atoms with Gasteiger partial charge in [-0.05, 0) is 18.6 Å². The average molecular weight is 206 g/mol. The van der Waals surface area contributed by atoms with Gasteiger partial charge in [-0.1, -0.05) is 0 Å². The maximum atomic E-state index is 11.7. The molecule has 0 saturated heterocycles. The highest BCUT2D eigenvalue weighted by molar-refractivity contribution is 6.00. The number of anilines is 1. The SMILES string of the molecule is CN/C=C(\C=N)n1cc(C)cc(N)c1=O. The number of nitrogens with zero attached hydrogens (tertiary/aromatic N) is 1. The Morgan fingerprint density at radius 3 is 2.87 bits per heavy atom. The van der Waals surface area contributed by atoms with E-state index < -0.39 is 0 Å². The summed E-state index contributed by atoms with van der Waals surface area (Å²) in [6.45, 7) is 1.84. The lowest BCUT2D eigenvalue weighted by Crippen LogP contribution is -2.23. The largest absolute Gasteiger partial charge is 0.394 e. The number of aryl methyl sites for hydroxylation is 1. The van der Waals surface area contributed by atoms with Crippen molar-refractivity contribution < 1.29 is 0 Å². The van der Waals surface area contributed by atoms with Crippen LogP contribution in [-0.2, 0) is 0 Å². The van der Waals surface area contributed by atoms with Gasteiger partial charge in [0, 0.05) is 25.7 Å². The summed E-state index contributed by atoms with van der Waals surface area (Å²) in [4.78, 5) is 11.7. The number of nitrogens with two attached hydrogens (primary N) is 1. The molecule has 5 nitrogen and oxygen atoms in total. The van der Waals surface area contributed by atoms with Crippen molar-refractivity contribution >= 4 is 17.6 Å². The van der Waals surface area contributed by atoms with Crippen LogP contribution in [0.25, 0.3) is 5.70 Å². The fourth-order valence-electron chi connectivity index (χ4n) is 1.27. The van der Waals surface area contributed by atoms with Crippen LogP contribution in [-0.4, -0.2) is 17.8 Å². The van der Waals surface area contributed by atoms with Crippen molar-refractivity contribution in [1.82, 2.24) is 9.88 Å². The molecule has 1 heterocycles. The van der Waals surface area contributed by atoms with Gasteiger partial charge in [0.2, 0.25) is 0 Å². The molecule has 0 atom stereocenters. The molecule has 0 aliphatic carbocycles. The molecule has 0 bridgehead atoms. The van der Waals surface area contributed by atoms with Gasteiger partial charge >= 0.3 is 0 Å². The summed E-state index contributed by atoms with van der Waals surface area (Å²) in [5.41, 5.74) is 6.73. The van der Waals surface area contributed by atoms with Crippen molar-refractivity contribution in [3.63, 3.8) is 0 Å². The third-order valence-corrected chi connectivity index (χ3v) is 1.90. The molecular formula is C10H14N4O. The Balaban J connectivity index is 3.42. The number of hydrogen-bond donors (Lipinski definition) is 3. The second-order valence-electron chi connectivity index (χ2n) is 3.15. The lowest BCUT2D eigenvalue weighted by atomic mass is 10.3. The zero-order valence-electron chi connectivity index (χ0n) is 8.74. The normalized spacial score (nSPS) is 11.2. The predicted octanol–water partition coefficient (Wildman–Crippen LogP) is 0.406. The van der Waals surface area contributed by atoms with E-state index in [9.17, 15) is 4.79 Å². The average Bonchev–Trinajstić information content (AvgIpc) is 2.20. The molecular weight excluding hydrogens is 192 g/mol. The Bertz CT molecular complexity index is 459. The van der Waals surface area contributed by atoms with Gasteiger partial charge in [-0.25, -0.2) is 0 Å². The van der Waals surface area contributed by atoms with Gasteiger partial charge in [0.15, 0.2) is 0 Å². The number of nitrogens with one attached hydrogen (secondary N) is 2. The molecule has 0 unspecified atom stereocenters. The second-order valence-corrected chi connectivity index (χ2v) is 3.15. The van der Waals surface area contributed by atoms with E-state index in [2.05, 4.69) is 5.32 Å². The van der Waals surface area contributed by atoms with Gasteiger partial charge in [-0.3, -0.25) is 9.36 Å². The molecule has 0 aliphatic heterocycles. The van der Waals surface area contributed by atoms with Crippen LogP contribution in [0.3, 0.4) is 0 Å². The Hall–Kier alpha value is -2.04. The van der Waals surface area contributed by atoms with E-state index in [1.165, 1.54) is 4.57 Å². The molecule has 0 aliphatic rings. The zero-order valence-corrected chi connectivity index (χ0v) is 8.74. The first-order valence-electron chi connectivity index (χ1n) is 4.47. The third-order valence-electron chi connectivity index (χ3n) is 1.90. The summed E-state index contributed by atoms with van der Waals surface area (Å²) in [5, 5.41) is 9.97. The van der Waals surface area contributed by atoms with Crippen LogP contribution in [0.15, 0.2) is 23.3 Å². The Labute approximate surface area is 87.7 Å². The summed E-state index contributed by atoms with van der Waals surface area (Å²) < 4.78 is 1.34. The first kappa shape index (κ1) is 11.0. The minimum absolute atomic E-state index is 0.179. The van der Waals surface area contributed by atoms with Crippen LogP contribution in [0.5, 0.6) is 0 Å². The number of aromatic nitrogens is 1. The number of allylic oxidation sites excluding steroid dienone is 1. The van der Waals surface area contributed by atoms with E-state index in [1.54, 1.807) is 25.5 Å². The molecule has 80 valence electrons. The molecule has 1 aromatic heterocycles. The zero-order chi connectivity index (χ0) is 11.4. The van der Waals surface area contributed by atoms with Crippen molar-refractivity contribution in [2.45, 2.75) is 6.92 Å². The van der Waals surface area contributed by atoms with Crippen molar-refractivity contribution in [3.8, 4) is 0 Å².